The molecule has 0 saturated heterocycles. The molecule has 0 aromatic carbocycles. The fraction of sp³-hybridized carbons (Fsp3) is 0.583. The molecule has 0 bridgehead atoms. The van der Waals surface area contributed by atoms with Crippen LogP contribution in [-0.4, -0.2) is 50.6 Å². The molecule has 114 valence electrons. The van der Waals surface area contributed by atoms with Crippen LogP contribution in [0, 0.1) is 6.92 Å². The lowest BCUT2D eigenvalue weighted by Crippen LogP contribution is -2.36. The molecule has 1 heterocycles. The van der Waals surface area contributed by atoms with E-state index in [0.29, 0.717) is 12.6 Å². The molecule has 0 fully saturated rings. The van der Waals surface area contributed by atoms with Crippen LogP contribution < -0.4 is 4.72 Å². The van der Waals surface area contributed by atoms with Crippen molar-refractivity contribution in [3.8, 4) is 0 Å². The van der Waals surface area contributed by atoms with Gasteiger partial charge in [-0.25, -0.2) is 17.9 Å². The summed E-state index contributed by atoms with van der Waals surface area (Å²) in [7, 11) is -1.87. The normalized spacial score (nSPS) is 12.3. The molecule has 2 N–H and O–H groups in total. The van der Waals surface area contributed by atoms with E-state index in [-0.39, 0.29) is 23.0 Å². The molecule has 0 radical (unpaired) electrons. The van der Waals surface area contributed by atoms with Gasteiger partial charge in [0, 0.05) is 25.2 Å². The number of carboxylic acids is 1. The highest BCUT2D eigenvalue weighted by Gasteiger charge is 2.23. The second-order valence-corrected chi connectivity index (χ2v) is 6.54. The number of carboxylic acid groups (broad SMARTS) is 1. The van der Waals surface area contributed by atoms with Gasteiger partial charge in [0.2, 0.25) is 15.8 Å². The summed E-state index contributed by atoms with van der Waals surface area (Å²) in [6.07, 6.45) is 0. The largest absolute Gasteiger partial charge is 0.475 e. The molecule has 0 saturated carbocycles. The van der Waals surface area contributed by atoms with Crippen LogP contribution in [0.5, 0.6) is 0 Å². The smallest absolute Gasteiger partial charge is 0.371 e. The highest BCUT2D eigenvalue weighted by atomic mass is 32.2. The molecule has 0 aliphatic heterocycles. The number of hydrogen-bond donors (Lipinski definition) is 2. The van der Waals surface area contributed by atoms with Crippen LogP contribution in [0.2, 0.25) is 0 Å². The van der Waals surface area contributed by atoms with Gasteiger partial charge in [-0.2, -0.15) is 0 Å². The Morgan fingerprint density at radius 3 is 2.55 bits per heavy atom. The topological polar surface area (TPSA) is 99.8 Å². The van der Waals surface area contributed by atoms with Crippen molar-refractivity contribution in [2.24, 2.45) is 0 Å². The van der Waals surface area contributed by atoms with Crippen molar-refractivity contribution >= 4 is 16.0 Å². The van der Waals surface area contributed by atoms with Crippen molar-refractivity contribution in [2.75, 3.05) is 20.1 Å². The molecule has 8 heteroatoms. The predicted octanol–water partition coefficient (Wildman–Crippen LogP) is 0.905. The van der Waals surface area contributed by atoms with Gasteiger partial charge in [0.25, 0.3) is 0 Å². The molecule has 0 spiro atoms. The highest BCUT2D eigenvalue weighted by Crippen LogP contribution is 2.19. The lowest BCUT2D eigenvalue weighted by atomic mass is 10.3. The molecule has 0 aliphatic carbocycles. The summed E-state index contributed by atoms with van der Waals surface area (Å²) < 4.78 is 31.4. The second kappa shape index (κ2) is 6.38. The maximum absolute atomic E-state index is 12.1. The van der Waals surface area contributed by atoms with Gasteiger partial charge >= 0.3 is 5.97 Å². The van der Waals surface area contributed by atoms with Crippen LogP contribution in [0.4, 0.5) is 0 Å². The van der Waals surface area contributed by atoms with Gasteiger partial charge in [0.15, 0.2) is 0 Å². The van der Waals surface area contributed by atoms with Gasteiger partial charge in [0.05, 0.1) is 0 Å². The van der Waals surface area contributed by atoms with Crippen molar-refractivity contribution in [1.82, 2.24) is 9.62 Å². The van der Waals surface area contributed by atoms with E-state index in [4.69, 9.17) is 9.52 Å². The Bertz CT molecular complexity index is 577. The van der Waals surface area contributed by atoms with Gasteiger partial charge in [0.1, 0.15) is 10.7 Å². The van der Waals surface area contributed by atoms with E-state index in [2.05, 4.69) is 4.72 Å². The van der Waals surface area contributed by atoms with Crippen molar-refractivity contribution in [2.45, 2.75) is 31.7 Å². The van der Waals surface area contributed by atoms with Crippen molar-refractivity contribution < 1.29 is 22.7 Å². The SMILES string of the molecule is Cc1oc(C(=O)O)cc1S(=O)(=O)NCCN(C)C(C)C. The monoisotopic (exact) mass is 304 g/mol. The number of rotatable bonds is 7. The molecule has 0 atom stereocenters. The molecule has 7 nitrogen and oxygen atoms in total. The Balaban J connectivity index is 2.77. The zero-order valence-electron chi connectivity index (χ0n) is 12.0. The maximum atomic E-state index is 12.1. The van der Waals surface area contributed by atoms with Crippen LogP contribution in [0.3, 0.4) is 0 Å². The Morgan fingerprint density at radius 1 is 1.50 bits per heavy atom. The summed E-state index contributed by atoms with van der Waals surface area (Å²) in [5.41, 5.74) is 0. The second-order valence-electron chi connectivity index (χ2n) is 4.81. The van der Waals surface area contributed by atoms with Crippen LogP contribution in [0.1, 0.15) is 30.2 Å². The Kier molecular flexibility index (Phi) is 5.32. The predicted molar refractivity (Wildman–Crippen MR) is 73.4 cm³/mol. The summed E-state index contributed by atoms with van der Waals surface area (Å²) >= 11 is 0. The molecule has 20 heavy (non-hydrogen) atoms. The van der Waals surface area contributed by atoms with Gasteiger partial charge in [-0.15, -0.1) is 0 Å². The first kappa shape index (κ1) is 16.7. The summed E-state index contributed by atoms with van der Waals surface area (Å²) in [5.74, 6) is -1.62. The molecule has 1 rings (SSSR count). The average molecular weight is 304 g/mol. The van der Waals surface area contributed by atoms with Crippen LogP contribution in [-0.2, 0) is 10.0 Å². The fourth-order valence-corrected chi connectivity index (χ4v) is 2.73. The van der Waals surface area contributed by atoms with Crippen LogP contribution in [0.25, 0.3) is 0 Å². The van der Waals surface area contributed by atoms with Crippen molar-refractivity contribution in [3.63, 3.8) is 0 Å². The van der Waals surface area contributed by atoms with Gasteiger partial charge in [-0.05, 0) is 27.8 Å². The minimum absolute atomic E-state index is 0.0621. The Hall–Kier alpha value is -1.38. The van der Waals surface area contributed by atoms with Crippen LogP contribution in [0.15, 0.2) is 15.4 Å². The number of aryl methyl sites for hydroxylation is 1. The summed E-state index contributed by atoms with van der Waals surface area (Å²) in [6, 6.07) is 1.33. The van der Waals surface area contributed by atoms with E-state index < -0.39 is 16.0 Å². The molecular formula is C12H20N2O5S. The van der Waals surface area contributed by atoms with Gasteiger partial charge in [-0.1, -0.05) is 0 Å². The minimum Gasteiger partial charge on any atom is -0.475 e. The van der Waals surface area contributed by atoms with Crippen molar-refractivity contribution in [1.29, 1.82) is 0 Å². The number of aromatic carboxylic acids is 1. The number of hydrogen-bond acceptors (Lipinski definition) is 5. The first-order chi connectivity index (χ1) is 9.15. The third-order valence-electron chi connectivity index (χ3n) is 3.01. The fourth-order valence-electron chi connectivity index (χ4n) is 1.53. The van der Waals surface area contributed by atoms with E-state index in [1.54, 1.807) is 0 Å². The first-order valence-electron chi connectivity index (χ1n) is 6.18. The standard InChI is InChI=1S/C12H20N2O5S/c1-8(2)14(4)6-5-13-20(17,18)11-7-10(12(15)16)19-9(11)3/h7-8,13H,5-6H2,1-4H3,(H,15,16). The first-order valence-corrected chi connectivity index (χ1v) is 7.67. The van der Waals surface area contributed by atoms with Crippen molar-refractivity contribution in [3.05, 3.63) is 17.6 Å². The molecular weight excluding hydrogens is 284 g/mol. The number of likely N-dealkylation sites (N-methyl/N-ethyl adjacent to an activating group) is 1. The molecule has 1 aromatic rings. The minimum atomic E-state index is -3.76. The quantitative estimate of drug-likeness (QED) is 0.776. The highest BCUT2D eigenvalue weighted by molar-refractivity contribution is 7.89. The molecule has 0 aliphatic rings. The molecule has 1 aromatic heterocycles. The lowest BCUT2D eigenvalue weighted by Gasteiger charge is -2.20. The molecule has 0 amide bonds. The van der Waals surface area contributed by atoms with Gasteiger partial charge < -0.3 is 14.4 Å². The van der Waals surface area contributed by atoms with E-state index in [9.17, 15) is 13.2 Å². The number of carbonyl (C=O) groups is 1. The lowest BCUT2D eigenvalue weighted by molar-refractivity contribution is 0.0661. The number of nitrogens with zero attached hydrogens (tertiary/aromatic N) is 1. The molecule has 0 unspecified atom stereocenters. The maximum Gasteiger partial charge on any atom is 0.371 e. The zero-order chi connectivity index (χ0) is 15.5. The summed E-state index contributed by atoms with van der Waals surface area (Å²) in [6.45, 7) is 6.23. The third-order valence-corrected chi connectivity index (χ3v) is 4.58. The zero-order valence-corrected chi connectivity index (χ0v) is 12.8. The third kappa shape index (κ3) is 4.06. The Morgan fingerprint density at radius 2 is 2.10 bits per heavy atom. The average Bonchev–Trinajstić information content (AvgIpc) is 2.71. The van der Waals surface area contributed by atoms with E-state index >= 15 is 0 Å². The van der Waals surface area contributed by atoms with Gasteiger partial charge in [-0.3, -0.25) is 0 Å². The summed E-state index contributed by atoms with van der Waals surface area (Å²) in [5, 5.41) is 8.78. The Labute approximate surface area is 118 Å². The number of nitrogens with one attached hydrogen (secondary N) is 1. The van der Waals surface area contributed by atoms with E-state index in [1.807, 2.05) is 25.8 Å². The summed E-state index contributed by atoms with van der Waals surface area (Å²) in [4.78, 5) is 12.6. The van der Waals surface area contributed by atoms with E-state index in [1.165, 1.54) is 6.92 Å². The number of sulfonamides is 1. The van der Waals surface area contributed by atoms with E-state index in [0.717, 1.165) is 6.07 Å². The van der Waals surface area contributed by atoms with Crippen LogP contribution >= 0.6 is 0 Å². The number of furan rings is 1.